The van der Waals surface area contributed by atoms with Crippen molar-refractivity contribution in [2.45, 2.75) is 40.5 Å². The molecule has 1 aromatic carbocycles. The molecule has 5 nitrogen and oxygen atoms in total. The van der Waals surface area contributed by atoms with Crippen molar-refractivity contribution in [3.05, 3.63) is 29.3 Å². The summed E-state index contributed by atoms with van der Waals surface area (Å²) in [6, 6.07) is 6.04. The minimum absolute atomic E-state index is 0.0326. The molecule has 1 aromatic rings. The Labute approximate surface area is 152 Å². The third kappa shape index (κ3) is 9.00. The Morgan fingerprint density at radius 1 is 1.00 bits per heavy atom. The van der Waals surface area contributed by atoms with Gasteiger partial charge in [-0.2, -0.15) is 0 Å². The number of anilines is 1. The van der Waals surface area contributed by atoms with Crippen LogP contribution in [-0.2, 0) is 14.3 Å². The number of rotatable bonds is 13. The molecule has 142 valence electrons. The standard InChI is InChI=1S/C20H34N2O3/c1-5-24-14-8-12-22(13-9-15-25-6-2)16-19(23)21-20-17(3)10-7-11-18(20)4/h7,10-11H,5-6,8-9,12-16H2,1-4H3,(H,21,23). The maximum absolute atomic E-state index is 12.5. The van der Waals surface area contributed by atoms with Crippen LogP contribution in [0.3, 0.4) is 0 Å². The molecule has 0 saturated heterocycles. The summed E-state index contributed by atoms with van der Waals surface area (Å²) >= 11 is 0. The fourth-order valence-corrected chi connectivity index (χ4v) is 2.73. The van der Waals surface area contributed by atoms with Crippen molar-refractivity contribution in [2.75, 3.05) is 51.4 Å². The largest absolute Gasteiger partial charge is 0.382 e. The number of aryl methyl sites for hydroxylation is 2. The first-order chi connectivity index (χ1) is 12.1. The Morgan fingerprint density at radius 3 is 2.00 bits per heavy atom. The van der Waals surface area contributed by atoms with Gasteiger partial charge in [0.1, 0.15) is 0 Å². The average Bonchev–Trinajstić information content (AvgIpc) is 2.58. The van der Waals surface area contributed by atoms with Crippen LogP contribution in [0.25, 0.3) is 0 Å². The molecule has 0 aliphatic heterocycles. The monoisotopic (exact) mass is 350 g/mol. The molecule has 0 saturated carbocycles. The van der Waals surface area contributed by atoms with Gasteiger partial charge in [-0.3, -0.25) is 9.69 Å². The van der Waals surface area contributed by atoms with Gasteiger partial charge in [0.05, 0.1) is 6.54 Å². The van der Waals surface area contributed by atoms with Crippen molar-refractivity contribution in [1.29, 1.82) is 0 Å². The number of hydrogen-bond acceptors (Lipinski definition) is 4. The van der Waals surface area contributed by atoms with E-state index in [2.05, 4.69) is 10.2 Å². The SMILES string of the molecule is CCOCCCN(CCCOCC)CC(=O)Nc1c(C)cccc1C. The first-order valence-electron chi connectivity index (χ1n) is 9.32. The van der Waals surface area contributed by atoms with Gasteiger partial charge in [0.25, 0.3) is 0 Å². The highest BCUT2D eigenvalue weighted by atomic mass is 16.5. The van der Waals surface area contributed by atoms with Crippen LogP contribution in [0, 0.1) is 13.8 Å². The van der Waals surface area contributed by atoms with Gasteiger partial charge in [0, 0.05) is 45.2 Å². The van der Waals surface area contributed by atoms with E-state index < -0.39 is 0 Å². The van der Waals surface area contributed by atoms with Crippen LogP contribution in [0.1, 0.15) is 37.8 Å². The summed E-state index contributed by atoms with van der Waals surface area (Å²) in [5, 5.41) is 3.07. The van der Waals surface area contributed by atoms with Crippen LogP contribution in [0.2, 0.25) is 0 Å². The van der Waals surface area contributed by atoms with Crippen molar-refractivity contribution >= 4 is 11.6 Å². The second kappa shape index (κ2) is 12.9. The van der Waals surface area contributed by atoms with E-state index in [4.69, 9.17) is 9.47 Å². The smallest absolute Gasteiger partial charge is 0.238 e. The molecule has 0 unspecified atom stereocenters. The van der Waals surface area contributed by atoms with Gasteiger partial charge < -0.3 is 14.8 Å². The summed E-state index contributed by atoms with van der Waals surface area (Å²) in [6.07, 6.45) is 1.86. The molecule has 0 aliphatic carbocycles. The number of nitrogens with one attached hydrogen (secondary N) is 1. The number of ether oxygens (including phenoxy) is 2. The minimum Gasteiger partial charge on any atom is -0.382 e. The Hall–Kier alpha value is -1.43. The average molecular weight is 351 g/mol. The van der Waals surface area contributed by atoms with E-state index in [1.54, 1.807) is 0 Å². The van der Waals surface area contributed by atoms with Crippen LogP contribution >= 0.6 is 0 Å². The van der Waals surface area contributed by atoms with Gasteiger partial charge in [-0.05, 0) is 51.7 Å². The Kier molecular flexibility index (Phi) is 11.1. The predicted octanol–water partition coefficient (Wildman–Crippen LogP) is 3.40. The molecule has 0 radical (unpaired) electrons. The minimum atomic E-state index is 0.0326. The van der Waals surface area contributed by atoms with E-state index in [-0.39, 0.29) is 5.91 Å². The van der Waals surface area contributed by atoms with E-state index in [9.17, 15) is 4.79 Å². The lowest BCUT2D eigenvalue weighted by Crippen LogP contribution is -2.35. The van der Waals surface area contributed by atoms with Gasteiger partial charge in [0.2, 0.25) is 5.91 Å². The normalized spacial score (nSPS) is 11.1. The van der Waals surface area contributed by atoms with Crippen molar-refractivity contribution < 1.29 is 14.3 Å². The van der Waals surface area contributed by atoms with Gasteiger partial charge in [-0.25, -0.2) is 0 Å². The third-order valence-electron chi connectivity index (χ3n) is 4.05. The quantitative estimate of drug-likeness (QED) is 0.554. The highest BCUT2D eigenvalue weighted by Crippen LogP contribution is 2.19. The van der Waals surface area contributed by atoms with Gasteiger partial charge in [-0.15, -0.1) is 0 Å². The van der Waals surface area contributed by atoms with E-state index >= 15 is 0 Å². The fraction of sp³-hybridized carbons (Fsp3) is 0.650. The van der Waals surface area contributed by atoms with Gasteiger partial charge in [-0.1, -0.05) is 18.2 Å². The van der Waals surface area contributed by atoms with Crippen molar-refractivity contribution in [2.24, 2.45) is 0 Å². The molecule has 0 fully saturated rings. The number of carbonyl (C=O) groups is 1. The first-order valence-corrected chi connectivity index (χ1v) is 9.32. The Bertz CT molecular complexity index is 473. The number of nitrogens with zero attached hydrogens (tertiary/aromatic N) is 1. The Balaban J connectivity index is 2.53. The number of amides is 1. The van der Waals surface area contributed by atoms with Crippen LogP contribution in [-0.4, -0.2) is 56.9 Å². The van der Waals surface area contributed by atoms with E-state index in [1.165, 1.54) is 0 Å². The summed E-state index contributed by atoms with van der Waals surface area (Å²) in [6.45, 7) is 13.1. The molecule has 0 heterocycles. The summed E-state index contributed by atoms with van der Waals surface area (Å²) in [5.41, 5.74) is 3.11. The molecular weight excluding hydrogens is 316 g/mol. The van der Waals surface area contributed by atoms with Crippen molar-refractivity contribution in [3.8, 4) is 0 Å². The molecule has 5 heteroatoms. The van der Waals surface area contributed by atoms with Crippen LogP contribution in [0.4, 0.5) is 5.69 Å². The van der Waals surface area contributed by atoms with Gasteiger partial charge >= 0.3 is 0 Å². The molecule has 25 heavy (non-hydrogen) atoms. The fourth-order valence-electron chi connectivity index (χ4n) is 2.73. The zero-order chi connectivity index (χ0) is 18.5. The summed E-state index contributed by atoms with van der Waals surface area (Å²) in [7, 11) is 0. The van der Waals surface area contributed by atoms with Crippen LogP contribution in [0.15, 0.2) is 18.2 Å². The van der Waals surface area contributed by atoms with Crippen LogP contribution in [0.5, 0.6) is 0 Å². The molecule has 1 rings (SSSR count). The van der Waals surface area contributed by atoms with Crippen LogP contribution < -0.4 is 5.32 Å². The lowest BCUT2D eigenvalue weighted by Gasteiger charge is -2.22. The van der Waals surface area contributed by atoms with Crippen molar-refractivity contribution in [3.63, 3.8) is 0 Å². The van der Waals surface area contributed by atoms with E-state index in [1.807, 2.05) is 45.9 Å². The highest BCUT2D eigenvalue weighted by molar-refractivity contribution is 5.93. The maximum atomic E-state index is 12.5. The molecule has 0 aliphatic rings. The summed E-state index contributed by atoms with van der Waals surface area (Å²) in [4.78, 5) is 14.7. The lowest BCUT2D eigenvalue weighted by atomic mass is 10.1. The van der Waals surface area contributed by atoms with E-state index in [0.717, 1.165) is 69.2 Å². The molecule has 1 amide bonds. The number of para-hydroxylation sites is 1. The predicted molar refractivity (Wildman–Crippen MR) is 103 cm³/mol. The second-order valence-corrected chi connectivity index (χ2v) is 6.19. The lowest BCUT2D eigenvalue weighted by molar-refractivity contribution is -0.117. The second-order valence-electron chi connectivity index (χ2n) is 6.19. The zero-order valence-corrected chi connectivity index (χ0v) is 16.3. The summed E-state index contributed by atoms with van der Waals surface area (Å²) < 4.78 is 10.8. The first kappa shape index (κ1) is 21.6. The topological polar surface area (TPSA) is 50.8 Å². The molecule has 0 aromatic heterocycles. The number of carbonyl (C=O) groups excluding carboxylic acids is 1. The van der Waals surface area contributed by atoms with E-state index in [0.29, 0.717) is 6.54 Å². The molecular formula is C20H34N2O3. The summed E-state index contributed by atoms with van der Waals surface area (Å²) in [5.74, 6) is 0.0326. The number of benzene rings is 1. The zero-order valence-electron chi connectivity index (χ0n) is 16.3. The van der Waals surface area contributed by atoms with Gasteiger partial charge in [0.15, 0.2) is 0 Å². The Morgan fingerprint density at radius 2 is 1.52 bits per heavy atom. The highest BCUT2D eigenvalue weighted by Gasteiger charge is 2.12. The van der Waals surface area contributed by atoms with Crippen molar-refractivity contribution in [1.82, 2.24) is 4.90 Å². The molecule has 0 atom stereocenters. The molecule has 0 bridgehead atoms. The molecule has 0 spiro atoms. The molecule has 1 N–H and O–H groups in total. The maximum Gasteiger partial charge on any atom is 0.238 e. The number of hydrogen-bond donors (Lipinski definition) is 1. The third-order valence-corrected chi connectivity index (χ3v) is 4.05.